The summed E-state index contributed by atoms with van der Waals surface area (Å²) in [7, 11) is 1.37. The van der Waals surface area contributed by atoms with Gasteiger partial charge in [-0.15, -0.1) is 0 Å². The standard InChI is InChI=1S/C13H18O5/c1-13(2,3)18-12(16)8-5-9(7-14)11(15)10(6-8)17-4/h5-6,14-15H,7H2,1-4H3. The molecule has 5 heteroatoms. The molecule has 0 amide bonds. The Morgan fingerprint density at radius 3 is 2.39 bits per heavy atom. The molecule has 0 fully saturated rings. The summed E-state index contributed by atoms with van der Waals surface area (Å²) >= 11 is 0. The van der Waals surface area contributed by atoms with Crippen molar-refractivity contribution in [3.05, 3.63) is 23.3 Å². The van der Waals surface area contributed by atoms with Gasteiger partial charge < -0.3 is 19.7 Å². The molecule has 0 saturated carbocycles. The second kappa shape index (κ2) is 5.27. The number of rotatable bonds is 3. The number of aliphatic hydroxyl groups is 1. The van der Waals surface area contributed by atoms with E-state index in [-0.39, 0.29) is 22.6 Å². The zero-order valence-electron chi connectivity index (χ0n) is 11.0. The first-order chi connectivity index (χ1) is 8.28. The number of carbonyl (C=O) groups excluding carboxylic acids is 1. The number of benzene rings is 1. The van der Waals surface area contributed by atoms with E-state index in [1.54, 1.807) is 20.8 Å². The summed E-state index contributed by atoms with van der Waals surface area (Å²) in [6.45, 7) is 4.89. The molecule has 0 saturated heterocycles. The summed E-state index contributed by atoms with van der Waals surface area (Å²) in [4.78, 5) is 11.9. The summed E-state index contributed by atoms with van der Waals surface area (Å²) in [5.74, 6) is -0.579. The SMILES string of the molecule is COc1cc(C(=O)OC(C)(C)C)cc(CO)c1O. The van der Waals surface area contributed by atoms with Crippen LogP contribution in [-0.4, -0.2) is 28.9 Å². The highest BCUT2D eigenvalue weighted by atomic mass is 16.6. The zero-order valence-corrected chi connectivity index (χ0v) is 11.0. The first kappa shape index (κ1) is 14.3. The van der Waals surface area contributed by atoms with Crippen LogP contribution in [0.25, 0.3) is 0 Å². The number of aliphatic hydroxyl groups excluding tert-OH is 1. The third-order valence-corrected chi connectivity index (χ3v) is 2.18. The smallest absolute Gasteiger partial charge is 0.338 e. The van der Waals surface area contributed by atoms with Gasteiger partial charge >= 0.3 is 5.97 Å². The van der Waals surface area contributed by atoms with Gasteiger partial charge in [0.1, 0.15) is 5.60 Å². The van der Waals surface area contributed by atoms with Gasteiger partial charge in [0, 0.05) is 5.56 Å². The molecular weight excluding hydrogens is 236 g/mol. The van der Waals surface area contributed by atoms with Gasteiger partial charge in [0.05, 0.1) is 19.3 Å². The van der Waals surface area contributed by atoms with Crippen molar-refractivity contribution in [2.45, 2.75) is 33.0 Å². The normalized spacial score (nSPS) is 11.2. The molecule has 0 heterocycles. The number of carbonyl (C=O) groups is 1. The van der Waals surface area contributed by atoms with Crippen molar-refractivity contribution in [2.75, 3.05) is 7.11 Å². The Morgan fingerprint density at radius 2 is 1.94 bits per heavy atom. The molecule has 0 aliphatic rings. The van der Waals surface area contributed by atoms with E-state index in [2.05, 4.69) is 0 Å². The fraction of sp³-hybridized carbons (Fsp3) is 0.462. The molecule has 0 radical (unpaired) electrons. The molecule has 5 nitrogen and oxygen atoms in total. The molecule has 0 aromatic heterocycles. The summed E-state index contributed by atoms with van der Waals surface area (Å²) in [6.07, 6.45) is 0. The van der Waals surface area contributed by atoms with Crippen molar-refractivity contribution in [3.8, 4) is 11.5 Å². The maximum absolute atomic E-state index is 11.9. The lowest BCUT2D eigenvalue weighted by molar-refractivity contribution is 0.00690. The highest BCUT2D eigenvalue weighted by Crippen LogP contribution is 2.32. The maximum atomic E-state index is 11.9. The summed E-state index contributed by atoms with van der Waals surface area (Å²) in [5.41, 5.74) is -0.166. The summed E-state index contributed by atoms with van der Waals surface area (Å²) in [5, 5.41) is 18.8. The van der Waals surface area contributed by atoms with Gasteiger partial charge in [0.2, 0.25) is 0 Å². The van der Waals surface area contributed by atoms with Crippen molar-refractivity contribution in [2.24, 2.45) is 0 Å². The van der Waals surface area contributed by atoms with Crippen LogP contribution in [0.4, 0.5) is 0 Å². The number of methoxy groups -OCH3 is 1. The van der Waals surface area contributed by atoms with Crippen LogP contribution in [0.5, 0.6) is 11.5 Å². The van der Waals surface area contributed by atoms with Crippen LogP contribution in [0.2, 0.25) is 0 Å². The van der Waals surface area contributed by atoms with Crippen LogP contribution >= 0.6 is 0 Å². The van der Waals surface area contributed by atoms with Gasteiger partial charge in [-0.05, 0) is 32.9 Å². The lowest BCUT2D eigenvalue weighted by Gasteiger charge is -2.20. The monoisotopic (exact) mass is 254 g/mol. The Balaban J connectivity index is 3.14. The van der Waals surface area contributed by atoms with E-state index in [4.69, 9.17) is 14.6 Å². The highest BCUT2D eigenvalue weighted by Gasteiger charge is 2.20. The van der Waals surface area contributed by atoms with Gasteiger partial charge in [0.25, 0.3) is 0 Å². The van der Waals surface area contributed by atoms with Gasteiger partial charge in [-0.2, -0.15) is 0 Å². The lowest BCUT2D eigenvalue weighted by Crippen LogP contribution is -2.24. The average molecular weight is 254 g/mol. The second-order valence-electron chi connectivity index (χ2n) is 4.85. The van der Waals surface area contributed by atoms with E-state index in [1.807, 2.05) is 0 Å². The number of ether oxygens (including phenoxy) is 2. The van der Waals surface area contributed by atoms with E-state index in [0.29, 0.717) is 0 Å². The average Bonchev–Trinajstić information content (AvgIpc) is 2.27. The van der Waals surface area contributed by atoms with Crippen LogP contribution < -0.4 is 4.74 Å². The number of phenols is 1. The molecule has 18 heavy (non-hydrogen) atoms. The molecule has 0 atom stereocenters. The largest absolute Gasteiger partial charge is 0.504 e. The fourth-order valence-corrected chi connectivity index (χ4v) is 1.40. The molecule has 1 rings (SSSR count). The number of hydrogen-bond acceptors (Lipinski definition) is 5. The predicted octanol–water partition coefficient (Wildman–Crippen LogP) is 1.85. The van der Waals surface area contributed by atoms with E-state index in [1.165, 1.54) is 19.2 Å². The molecule has 2 N–H and O–H groups in total. The van der Waals surface area contributed by atoms with Crippen LogP contribution in [0, 0.1) is 0 Å². The van der Waals surface area contributed by atoms with Crippen LogP contribution in [0.1, 0.15) is 36.7 Å². The van der Waals surface area contributed by atoms with Crippen molar-refractivity contribution in [1.82, 2.24) is 0 Å². The summed E-state index contributed by atoms with van der Waals surface area (Å²) in [6, 6.07) is 2.76. The Morgan fingerprint density at radius 1 is 1.33 bits per heavy atom. The Labute approximate surface area is 106 Å². The van der Waals surface area contributed by atoms with Gasteiger partial charge in [-0.25, -0.2) is 4.79 Å². The first-order valence-electron chi connectivity index (χ1n) is 5.52. The minimum atomic E-state index is -0.610. The quantitative estimate of drug-likeness (QED) is 0.805. The van der Waals surface area contributed by atoms with E-state index in [0.717, 1.165) is 0 Å². The number of esters is 1. The van der Waals surface area contributed by atoms with Crippen LogP contribution in [0.15, 0.2) is 12.1 Å². The Hall–Kier alpha value is -1.75. The topological polar surface area (TPSA) is 76.0 Å². The number of hydrogen-bond donors (Lipinski definition) is 2. The molecule has 100 valence electrons. The molecule has 0 aliphatic heterocycles. The van der Waals surface area contributed by atoms with Gasteiger partial charge in [-0.1, -0.05) is 0 Å². The lowest BCUT2D eigenvalue weighted by atomic mass is 10.1. The molecule has 0 bridgehead atoms. The fourth-order valence-electron chi connectivity index (χ4n) is 1.40. The van der Waals surface area contributed by atoms with E-state index < -0.39 is 18.2 Å². The van der Waals surface area contributed by atoms with Crippen LogP contribution in [0.3, 0.4) is 0 Å². The van der Waals surface area contributed by atoms with Crippen molar-refractivity contribution >= 4 is 5.97 Å². The molecule has 1 aromatic rings. The third kappa shape index (κ3) is 3.37. The molecule has 0 spiro atoms. The molecule has 0 unspecified atom stereocenters. The molecule has 0 aliphatic carbocycles. The molecule has 1 aromatic carbocycles. The summed E-state index contributed by atoms with van der Waals surface area (Å²) < 4.78 is 10.1. The highest BCUT2D eigenvalue weighted by molar-refractivity contribution is 5.91. The third-order valence-electron chi connectivity index (χ3n) is 2.18. The molecular formula is C13H18O5. The second-order valence-corrected chi connectivity index (χ2v) is 4.85. The van der Waals surface area contributed by atoms with Crippen molar-refractivity contribution in [1.29, 1.82) is 0 Å². The Kier molecular flexibility index (Phi) is 4.19. The predicted molar refractivity (Wildman–Crippen MR) is 65.8 cm³/mol. The number of aromatic hydroxyl groups is 1. The van der Waals surface area contributed by atoms with E-state index >= 15 is 0 Å². The van der Waals surface area contributed by atoms with E-state index in [9.17, 15) is 9.90 Å². The van der Waals surface area contributed by atoms with Gasteiger partial charge in [0.15, 0.2) is 11.5 Å². The maximum Gasteiger partial charge on any atom is 0.338 e. The van der Waals surface area contributed by atoms with Gasteiger partial charge in [-0.3, -0.25) is 0 Å². The zero-order chi connectivity index (χ0) is 13.9. The minimum Gasteiger partial charge on any atom is -0.504 e. The van der Waals surface area contributed by atoms with Crippen molar-refractivity contribution in [3.63, 3.8) is 0 Å². The first-order valence-corrected chi connectivity index (χ1v) is 5.52. The Bertz CT molecular complexity index is 420. The van der Waals surface area contributed by atoms with Crippen LogP contribution in [-0.2, 0) is 11.3 Å². The van der Waals surface area contributed by atoms with Crippen molar-refractivity contribution < 1.29 is 24.5 Å². The minimum absolute atomic E-state index is 0.127.